The first-order valence-corrected chi connectivity index (χ1v) is 7.14. The van der Waals surface area contributed by atoms with E-state index in [1.807, 2.05) is 24.3 Å². The number of esters is 1. The first-order valence-electron chi connectivity index (χ1n) is 7.14. The number of fused-ring (bicyclic) bond motifs is 3. The van der Waals surface area contributed by atoms with Crippen LogP contribution < -0.4 is 0 Å². The third kappa shape index (κ3) is 1.68. The summed E-state index contributed by atoms with van der Waals surface area (Å²) in [5.74, 6) is 0.540. The van der Waals surface area contributed by atoms with Crippen molar-refractivity contribution >= 4 is 5.97 Å². The van der Waals surface area contributed by atoms with Crippen LogP contribution in [0.3, 0.4) is 0 Å². The second-order valence-electron chi connectivity index (χ2n) is 5.81. The predicted octanol–water partition coefficient (Wildman–Crippen LogP) is 3.96. The molecule has 0 aromatic heterocycles. The number of hydrogen-bond donors (Lipinski definition) is 0. The molecule has 2 aromatic rings. The monoisotopic (exact) mass is 264 g/mol. The third-order valence-electron chi connectivity index (χ3n) is 4.42. The van der Waals surface area contributed by atoms with Crippen molar-refractivity contribution in [3.8, 4) is 11.1 Å². The van der Waals surface area contributed by atoms with Crippen molar-refractivity contribution in [1.82, 2.24) is 0 Å². The Kier molecular flexibility index (Phi) is 2.46. The van der Waals surface area contributed by atoms with Gasteiger partial charge in [0.05, 0.1) is 5.92 Å². The largest absolute Gasteiger partial charge is 0.452 e. The second-order valence-corrected chi connectivity index (χ2v) is 5.81. The Morgan fingerprint density at radius 1 is 1.00 bits per heavy atom. The van der Waals surface area contributed by atoms with E-state index in [2.05, 4.69) is 31.2 Å². The summed E-state index contributed by atoms with van der Waals surface area (Å²) >= 11 is 0. The van der Waals surface area contributed by atoms with Gasteiger partial charge in [0.15, 0.2) is 6.10 Å². The molecule has 2 aromatic carbocycles. The van der Waals surface area contributed by atoms with Crippen LogP contribution in [0.15, 0.2) is 48.5 Å². The number of rotatable bonds is 2. The molecule has 1 saturated carbocycles. The normalized spacial score (nSPS) is 23.1. The van der Waals surface area contributed by atoms with E-state index in [0.29, 0.717) is 5.92 Å². The zero-order valence-corrected chi connectivity index (χ0v) is 11.4. The minimum atomic E-state index is -0.234. The average molecular weight is 264 g/mol. The number of hydrogen-bond acceptors (Lipinski definition) is 2. The Hall–Kier alpha value is -2.09. The number of benzene rings is 2. The van der Waals surface area contributed by atoms with Crippen molar-refractivity contribution in [2.75, 3.05) is 0 Å². The highest BCUT2D eigenvalue weighted by Gasteiger charge is 2.42. The van der Waals surface area contributed by atoms with Crippen LogP contribution in [0.2, 0.25) is 0 Å². The molecule has 20 heavy (non-hydrogen) atoms. The van der Waals surface area contributed by atoms with E-state index in [1.54, 1.807) is 0 Å². The summed E-state index contributed by atoms with van der Waals surface area (Å²) in [6.45, 7) is 2.10. The van der Waals surface area contributed by atoms with Gasteiger partial charge in [0.1, 0.15) is 0 Å². The van der Waals surface area contributed by atoms with Crippen molar-refractivity contribution in [3.05, 3.63) is 59.7 Å². The highest BCUT2D eigenvalue weighted by molar-refractivity contribution is 5.81. The lowest BCUT2D eigenvalue weighted by Gasteiger charge is -2.15. The Morgan fingerprint density at radius 2 is 1.50 bits per heavy atom. The quantitative estimate of drug-likeness (QED) is 0.767. The third-order valence-corrected chi connectivity index (χ3v) is 4.42. The fraction of sp³-hybridized carbons (Fsp3) is 0.278. The van der Waals surface area contributed by atoms with Crippen molar-refractivity contribution < 1.29 is 9.53 Å². The Labute approximate surface area is 118 Å². The van der Waals surface area contributed by atoms with Gasteiger partial charge in [-0.25, -0.2) is 0 Å². The highest BCUT2D eigenvalue weighted by Crippen LogP contribution is 2.47. The summed E-state index contributed by atoms with van der Waals surface area (Å²) in [4.78, 5) is 12.2. The lowest BCUT2D eigenvalue weighted by atomic mass is 10.1. The maximum Gasteiger partial charge on any atom is 0.310 e. The van der Waals surface area contributed by atoms with E-state index in [4.69, 9.17) is 4.74 Å². The molecule has 0 amide bonds. The predicted molar refractivity (Wildman–Crippen MR) is 77.1 cm³/mol. The number of carbonyl (C=O) groups excluding carboxylic acids is 1. The molecule has 4 rings (SSSR count). The molecular formula is C18H16O2. The van der Waals surface area contributed by atoms with Gasteiger partial charge < -0.3 is 4.74 Å². The highest BCUT2D eigenvalue weighted by atomic mass is 16.5. The van der Waals surface area contributed by atoms with Gasteiger partial charge in [-0.15, -0.1) is 0 Å². The van der Waals surface area contributed by atoms with Gasteiger partial charge in [-0.3, -0.25) is 4.79 Å². The minimum absolute atomic E-state index is 0.0472. The summed E-state index contributed by atoms with van der Waals surface area (Å²) in [6, 6.07) is 16.4. The first-order chi connectivity index (χ1) is 9.75. The van der Waals surface area contributed by atoms with Crippen LogP contribution in [0.1, 0.15) is 30.6 Å². The van der Waals surface area contributed by atoms with E-state index in [0.717, 1.165) is 17.5 Å². The van der Waals surface area contributed by atoms with Crippen molar-refractivity contribution in [1.29, 1.82) is 0 Å². The molecule has 0 bridgehead atoms. The molecule has 2 nitrogen and oxygen atoms in total. The van der Waals surface area contributed by atoms with Crippen LogP contribution in [0, 0.1) is 11.8 Å². The molecule has 100 valence electrons. The van der Waals surface area contributed by atoms with E-state index >= 15 is 0 Å². The summed E-state index contributed by atoms with van der Waals surface area (Å²) in [5.41, 5.74) is 4.58. The Morgan fingerprint density at radius 3 is 2.00 bits per heavy atom. The van der Waals surface area contributed by atoms with Gasteiger partial charge in [0, 0.05) is 11.1 Å². The van der Waals surface area contributed by atoms with Gasteiger partial charge in [0.2, 0.25) is 0 Å². The molecule has 0 heterocycles. The molecule has 2 atom stereocenters. The van der Waals surface area contributed by atoms with Crippen LogP contribution in [0.4, 0.5) is 0 Å². The zero-order valence-electron chi connectivity index (χ0n) is 11.4. The van der Waals surface area contributed by atoms with E-state index in [-0.39, 0.29) is 18.0 Å². The molecule has 2 heteroatoms. The standard InChI is InChI=1S/C18H16O2/c1-11-10-16(11)18(19)20-17-14-8-4-2-6-12(14)13-7-3-5-9-15(13)17/h2-9,11,16-17H,10H2,1H3/t11-,16-/m0/s1. The smallest absolute Gasteiger partial charge is 0.310 e. The molecule has 0 unspecified atom stereocenters. The fourth-order valence-corrected chi connectivity index (χ4v) is 3.09. The van der Waals surface area contributed by atoms with Crippen LogP contribution in [0.5, 0.6) is 0 Å². The summed E-state index contributed by atoms with van der Waals surface area (Å²) < 4.78 is 5.82. The number of carbonyl (C=O) groups is 1. The first kappa shape index (κ1) is 11.7. The van der Waals surface area contributed by atoms with Crippen molar-refractivity contribution in [2.45, 2.75) is 19.4 Å². The van der Waals surface area contributed by atoms with Crippen LogP contribution in [-0.4, -0.2) is 5.97 Å². The molecule has 2 aliphatic rings. The second kappa shape index (κ2) is 4.20. The molecule has 0 aliphatic heterocycles. The van der Waals surface area contributed by atoms with Crippen LogP contribution >= 0.6 is 0 Å². The Bertz CT molecular complexity index is 644. The SMILES string of the molecule is C[C@H]1C[C@@H]1C(=O)OC1c2ccccc2-c2ccccc21. The maximum absolute atomic E-state index is 12.2. The van der Waals surface area contributed by atoms with E-state index < -0.39 is 0 Å². The Balaban J connectivity index is 1.74. The van der Waals surface area contributed by atoms with Gasteiger partial charge in [0.25, 0.3) is 0 Å². The van der Waals surface area contributed by atoms with Gasteiger partial charge in [-0.05, 0) is 23.5 Å². The molecule has 0 spiro atoms. The van der Waals surface area contributed by atoms with Crippen molar-refractivity contribution in [2.24, 2.45) is 11.8 Å². The number of ether oxygens (including phenoxy) is 1. The van der Waals surface area contributed by atoms with Gasteiger partial charge in [-0.2, -0.15) is 0 Å². The molecular weight excluding hydrogens is 248 g/mol. The van der Waals surface area contributed by atoms with Crippen molar-refractivity contribution in [3.63, 3.8) is 0 Å². The summed E-state index contributed by atoms with van der Waals surface area (Å²) in [7, 11) is 0. The average Bonchev–Trinajstić information content (AvgIpc) is 3.14. The zero-order chi connectivity index (χ0) is 13.7. The molecule has 0 N–H and O–H groups in total. The van der Waals surface area contributed by atoms with E-state index in [9.17, 15) is 4.79 Å². The van der Waals surface area contributed by atoms with Gasteiger partial charge in [-0.1, -0.05) is 55.5 Å². The van der Waals surface area contributed by atoms with E-state index in [1.165, 1.54) is 11.1 Å². The molecule has 0 radical (unpaired) electrons. The molecule has 2 aliphatic carbocycles. The van der Waals surface area contributed by atoms with Gasteiger partial charge >= 0.3 is 5.97 Å². The summed E-state index contributed by atoms with van der Waals surface area (Å²) in [6.07, 6.45) is 0.733. The molecule has 0 saturated heterocycles. The lowest BCUT2D eigenvalue weighted by molar-refractivity contribution is -0.149. The maximum atomic E-state index is 12.2. The van der Waals surface area contributed by atoms with Crippen LogP contribution in [-0.2, 0) is 9.53 Å². The lowest BCUT2D eigenvalue weighted by Crippen LogP contribution is -2.12. The minimum Gasteiger partial charge on any atom is -0.452 e. The summed E-state index contributed by atoms with van der Waals surface area (Å²) in [5, 5.41) is 0. The fourth-order valence-electron chi connectivity index (χ4n) is 3.09. The van der Waals surface area contributed by atoms with Crippen LogP contribution in [0.25, 0.3) is 11.1 Å². The topological polar surface area (TPSA) is 26.3 Å². The molecule has 1 fully saturated rings.